The normalized spacial score (nSPS) is 17.1. The van der Waals surface area contributed by atoms with Crippen molar-refractivity contribution in [2.45, 2.75) is 98.2 Å². The molecule has 2 aliphatic heterocycles. The Morgan fingerprint density at radius 3 is 1.38 bits per heavy atom. The summed E-state index contributed by atoms with van der Waals surface area (Å²) < 4.78 is 20.4. The smallest absolute Gasteiger partial charge is 0.870 e. The Balaban J connectivity index is 0. The quantitative estimate of drug-likeness (QED) is 0.217. The van der Waals surface area contributed by atoms with Crippen LogP contribution in [0.15, 0.2) is 0 Å². The van der Waals surface area contributed by atoms with Crippen LogP contribution >= 0.6 is 0 Å². The zero-order valence-electron chi connectivity index (χ0n) is 28.1. The number of carbonyl (C=O) groups excluding carboxylic acids is 4. The predicted octanol–water partition coefficient (Wildman–Crippen LogP) is 0.520. The average molecular weight is 657 g/mol. The number of hydrogen-bond acceptors (Lipinski definition) is 11. The number of esters is 2. The third kappa shape index (κ3) is 14.6. The Morgan fingerprint density at radius 2 is 1.09 bits per heavy atom. The van der Waals surface area contributed by atoms with E-state index < -0.39 is 64.5 Å². The van der Waals surface area contributed by atoms with Gasteiger partial charge in [0.05, 0.1) is 37.4 Å². The van der Waals surface area contributed by atoms with Crippen LogP contribution in [0.5, 0.6) is 0 Å². The van der Waals surface area contributed by atoms with Gasteiger partial charge >= 0.3 is 65.6 Å². The van der Waals surface area contributed by atoms with Crippen molar-refractivity contribution >= 4 is 36.1 Å². The maximum atomic E-state index is 12.2. The van der Waals surface area contributed by atoms with Gasteiger partial charge in [0.25, 0.3) is 0 Å². The summed E-state index contributed by atoms with van der Waals surface area (Å²) in [5.74, 6) is -3.13. The molecule has 0 aliphatic carbocycles. The van der Waals surface area contributed by atoms with Gasteiger partial charge in [-0.05, 0) is 74.1 Å². The fraction of sp³-hybridized carbons (Fsp3) is 0.793. The minimum absolute atomic E-state index is 0. The fourth-order valence-corrected chi connectivity index (χ4v) is 4.80. The van der Waals surface area contributed by atoms with Crippen LogP contribution in [-0.4, -0.2) is 113 Å². The summed E-state index contributed by atoms with van der Waals surface area (Å²) in [7, 11) is 1.30. The summed E-state index contributed by atoms with van der Waals surface area (Å²) in [6.45, 7) is 13.7. The van der Waals surface area contributed by atoms with Crippen molar-refractivity contribution in [2.75, 3.05) is 39.9 Å². The van der Waals surface area contributed by atoms with E-state index in [1.165, 1.54) is 12.0 Å². The first-order chi connectivity index (χ1) is 19.7. The number of amides is 2. The number of carboxylic acid groups (broad SMARTS) is 2. The van der Waals surface area contributed by atoms with Gasteiger partial charge in [0.15, 0.2) is 0 Å². The largest absolute Gasteiger partial charge is 1.00 e. The Morgan fingerprint density at radius 1 is 0.711 bits per heavy atom. The molecule has 0 aromatic heterocycles. The number of carboxylic acids is 2. The second-order valence-corrected chi connectivity index (χ2v) is 12.8. The Hall–Kier alpha value is -2.62. The first kappa shape index (κ1) is 44.5. The molecule has 15 nitrogen and oxygen atoms in total. The van der Waals surface area contributed by atoms with Crippen molar-refractivity contribution in [1.29, 1.82) is 0 Å². The second-order valence-electron chi connectivity index (χ2n) is 12.8. The molecule has 3 N–H and O–H groups in total. The predicted molar refractivity (Wildman–Crippen MR) is 154 cm³/mol. The molecule has 0 unspecified atom stereocenters. The maximum Gasteiger partial charge on any atom is 1.00 e. The molecule has 0 aromatic rings. The van der Waals surface area contributed by atoms with E-state index in [-0.39, 0.29) is 74.0 Å². The van der Waals surface area contributed by atoms with Crippen LogP contribution in [0, 0.1) is 10.8 Å². The van der Waals surface area contributed by atoms with Gasteiger partial charge in [-0.1, -0.05) is 0 Å². The molecule has 2 saturated heterocycles. The fourth-order valence-electron chi connectivity index (χ4n) is 4.80. The molecule has 0 spiro atoms. The molecular weight excluding hydrogens is 607 g/mol. The van der Waals surface area contributed by atoms with Crippen molar-refractivity contribution in [3.05, 3.63) is 0 Å². The number of rotatable bonds is 7. The summed E-state index contributed by atoms with van der Waals surface area (Å²) in [5.41, 5.74) is -3.40. The van der Waals surface area contributed by atoms with Crippen LogP contribution in [0.1, 0.15) is 87.0 Å². The third-order valence-corrected chi connectivity index (χ3v) is 7.09. The van der Waals surface area contributed by atoms with Gasteiger partial charge < -0.3 is 44.4 Å². The number of nitrogens with zero attached hydrogens (tertiary/aromatic N) is 2. The van der Waals surface area contributed by atoms with E-state index in [1.807, 2.05) is 0 Å². The number of carbonyl (C=O) groups is 6. The number of aliphatic carboxylic acids is 2. The van der Waals surface area contributed by atoms with E-state index >= 15 is 0 Å². The van der Waals surface area contributed by atoms with Crippen molar-refractivity contribution < 1.29 is 93.0 Å². The molecule has 2 fully saturated rings. The third-order valence-electron chi connectivity index (χ3n) is 7.09. The number of likely N-dealkylation sites (tertiary alicyclic amines) is 2. The summed E-state index contributed by atoms with van der Waals surface area (Å²) >= 11 is 0. The minimum atomic E-state index is -1.29. The van der Waals surface area contributed by atoms with Gasteiger partial charge in [-0.25, -0.2) is 9.59 Å². The van der Waals surface area contributed by atoms with Crippen molar-refractivity contribution in [1.82, 2.24) is 9.80 Å². The summed E-state index contributed by atoms with van der Waals surface area (Å²) in [5, 5.41) is 18.1. The standard InChI is InChI=1S/C16H27NO6.C13H21NO6.Na.H2O/c1-6-22-12(18)11-16(13(19)21-5)7-9-17(10-8-16)14(20)23-15(2,3)4;1-12(2,3)20-11(19)14-6-4-13(5-7-14,10(17)18)8-9(15)16;;/h6-11H2,1-5H3;4-8H2,1-3H3,(H,15,16)(H,17,18);;1H2/q;;+1;/p-1. The van der Waals surface area contributed by atoms with Crippen molar-refractivity contribution in [3.8, 4) is 0 Å². The topological polar surface area (TPSA) is 216 Å². The minimum Gasteiger partial charge on any atom is -0.870 e. The van der Waals surface area contributed by atoms with Crippen LogP contribution in [0.3, 0.4) is 0 Å². The van der Waals surface area contributed by atoms with Crippen molar-refractivity contribution in [3.63, 3.8) is 0 Å². The molecule has 16 heteroatoms. The van der Waals surface area contributed by atoms with E-state index in [2.05, 4.69) is 0 Å². The van der Waals surface area contributed by atoms with E-state index in [9.17, 15) is 33.9 Å². The van der Waals surface area contributed by atoms with Gasteiger partial charge in [0, 0.05) is 26.2 Å². The molecule has 0 atom stereocenters. The first-order valence-electron chi connectivity index (χ1n) is 14.3. The molecule has 0 aromatic carbocycles. The number of methoxy groups -OCH3 is 1. The molecule has 0 bridgehead atoms. The molecule has 0 saturated carbocycles. The molecule has 45 heavy (non-hydrogen) atoms. The zero-order valence-corrected chi connectivity index (χ0v) is 30.1. The Kier molecular flexibility index (Phi) is 18.3. The molecule has 0 radical (unpaired) electrons. The SMILES string of the molecule is CC(C)(C)OC(=O)N1CCC(CC(=O)O)(C(=O)O)CC1.CCOC(=O)CC1(C(=O)OC)CCN(C(=O)OC(C)(C)C)CC1.[Na+].[OH-]. The summed E-state index contributed by atoms with van der Waals surface area (Å²) in [6, 6.07) is 0. The van der Waals surface area contributed by atoms with Crippen LogP contribution in [0.25, 0.3) is 0 Å². The van der Waals surface area contributed by atoms with E-state index in [4.69, 9.17) is 24.1 Å². The van der Waals surface area contributed by atoms with Crippen molar-refractivity contribution in [2.24, 2.45) is 10.8 Å². The molecule has 2 heterocycles. The van der Waals surface area contributed by atoms with E-state index in [0.717, 1.165) is 0 Å². The molecule has 2 rings (SSSR count). The van der Waals surface area contributed by atoms with Gasteiger partial charge in [0.1, 0.15) is 11.2 Å². The first-order valence-corrected chi connectivity index (χ1v) is 14.3. The average Bonchev–Trinajstić information content (AvgIpc) is 2.87. The zero-order chi connectivity index (χ0) is 33.2. The summed E-state index contributed by atoms with van der Waals surface area (Å²) in [4.78, 5) is 73.0. The number of piperidine rings is 2. The van der Waals surface area contributed by atoms with Crippen LogP contribution in [0.2, 0.25) is 0 Å². The molecular formula is C29H49N2NaO13. The molecule has 2 aliphatic rings. The van der Waals surface area contributed by atoms with Crippen LogP contribution in [-0.2, 0) is 38.1 Å². The summed E-state index contributed by atoms with van der Waals surface area (Å²) in [6.07, 6.45) is -0.434. The molecule has 254 valence electrons. The van der Waals surface area contributed by atoms with E-state index in [1.54, 1.807) is 53.4 Å². The Bertz CT molecular complexity index is 1020. The van der Waals surface area contributed by atoms with Crippen LogP contribution in [0.4, 0.5) is 9.59 Å². The van der Waals surface area contributed by atoms with Crippen LogP contribution < -0.4 is 29.6 Å². The van der Waals surface area contributed by atoms with Gasteiger partial charge in [-0.15, -0.1) is 0 Å². The maximum absolute atomic E-state index is 12.2. The van der Waals surface area contributed by atoms with E-state index in [0.29, 0.717) is 25.9 Å². The van der Waals surface area contributed by atoms with Gasteiger partial charge in [0.2, 0.25) is 0 Å². The van der Waals surface area contributed by atoms with Gasteiger partial charge in [-0.2, -0.15) is 0 Å². The molecule has 2 amide bonds. The number of hydrogen-bond donors (Lipinski definition) is 2. The second kappa shape index (κ2) is 18.5. The number of ether oxygens (including phenoxy) is 4. The monoisotopic (exact) mass is 656 g/mol. The van der Waals surface area contributed by atoms with Gasteiger partial charge in [-0.3, -0.25) is 19.2 Å². The Labute approximate surface area is 286 Å².